The van der Waals surface area contributed by atoms with E-state index in [1.54, 1.807) is 24.3 Å². The molecule has 1 unspecified atom stereocenters. The van der Waals surface area contributed by atoms with Crippen molar-refractivity contribution in [3.63, 3.8) is 0 Å². The summed E-state index contributed by atoms with van der Waals surface area (Å²) < 4.78 is 20.4. The van der Waals surface area contributed by atoms with E-state index in [0.29, 0.717) is 22.7 Å². The van der Waals surface area contributed by atoms with Crippen LogP contribution in [0.2, 0.25) is 0 Å². The summed E-state index contributed by atoms with van der Waals surface area (Å²) in [5.74, 6) is 0.320. The monoisotopic (exact) mass is 376 g/mol. The second kappa shape index (κ2) is 5.86. The smallest absolute Gasteiger partial charge is 0.183 e. The van der Waals surface area contributed by atoms with Crippen LogP contribution in [0.4, 0.5) is 10.1 Å². The van der Waals surface area contributed by atoms with Crippen LogP contribution in [0.3, 0.4) is 0 Å². The standard InChI is InChI=1S/C12H11Br2FN2O/c13-7-5-11(18-12(7)14)10(6-16)17-9-4-2-1-3-8(9)15/h1-5,10,17H,6,16H2. The highest BCUT2D eigenvalue weighted by atomic mass is 79.9. The number of anilines is 1. The van der Waals surface area contributed by atoms with E-state index in [1.807, 2.05) is 0 Å². The number of nitrogens with two attached hydrogens (primary N) is 1. The lowest BCUT2D eigenvalue weighted by Crippen LogP contribution is -2.20. The van der Waals surface area contributed by atoms with E-state index in [-0.39, 0.29) is 11.9 Å². The van der Waals surface area contributed by atoms with Crippen LogP contribution in [0.25, 0.3) is 0 Å². The first-order valence-electron chi connectivity index (χ1n) is 5.27. The van der Waals surface area contributed by atoms with Gasteiger partial charge >= 0.3 is 0 Å². The Balaban J connectivity index is 2.22. The minimum Gasteiger partial charge on any atom is -0.451 e. The highest BCUT2D eigenvalue weighted by Gasteiger charge is 2.17. The average molecular weight is 378 g/mol. The highest BCUT2D eigenvalue weighted by molar-refractivity contribution is 9.13. The molecule has 6 heteroatoms. The first-order valence-corrected chi connectivity index (χ1v) is 6.86. The fourth-order valence-electron chi connectivity index (χ4n) is 1.55. The van der Waals surface area contributed by atoms with Crippen LogP contribution >= 0.6 is 31.9 Å². The van der Waals surface area contributed by atoms with Gasteiger partial charge in [-0.25, -0.2) is 4.39 Å². The maximum absolute atomic E-state index is 13.5. The van der Waals surface area contributed by atoms with Gasteiger partial charge in [-0.1, -0.05) is 12.1 Å². The zero-order valence-corrected chi connectivity index (χ0v) is 12.5. The van der Waals surface area contributed by atoms with Crippen molar-refractivity contribution >= 4 is 37.5 Å². The Labute approximate surface area is 121 Å². The molecule has 0 saturated carbocycles. The molecule has 0 saturated heterocycles. The van der Waals surface area contributed by atoms with Crippen molar-refractivity contribution in [1.82, 2.24) is 0 Å². The predicted molar refractivity (Wildman–Crippen MR) is 75.9 cm³/mol. The number of hydrogen-bond donors (Lipinski definition) is 2. The summed E-state index contributed by atoms with van der Waals surface area (Å²) in [5, 5.41) is 3.02. The molecule has 96 valence electrons. The predicted octanol–water partition coefficient (Wildman–Crippen LogP) is 4.06. The maximum atomic E-state index is 13.5. The first-order chi connectivity index (χ1) is 8.61. The van der Waals surface area contributed by atoms with Gasteiger partial charge < -0.3 is 15.5 Å². The molecule has 0 aliphatic carbocycles. The van der Waals surface area contributed by atoms with Crippen molar-refractivity contribution in [2.75, 3.05) is 11.9 Å². The van der Waals surface area contributed by atoms with Crippen LogP contribution < -0.4 is 11.1 Å². The molecule has 0 amide bonds. The molecule has 2 aromatic rings. The van der Waals surface area contributed by atoms with Crippen molar-refractivity contribution in [3.8, 4) is 0 Å². The molecule has 0 radical (unpaired) electrons. The summed E-state index contributed by atoms with van der Waals surface area (Å²) in [6, 6.07) is 7.96. The quantitative estimate of drug-likeness (QED) is 0.844. The van der Waals surface area contributed by atoms with Crippen molar-refractivity contribution < 1.29 is 8.81 Å². The molecule has 0 fully saturated rings. The Hall–Kier alpha value is -0.850. The Morgan fingerprint density at radius 3 is 2.61 bits per heavy atom. The van der Waals surface area contributed by atoms with Gasteiger partial charge in [-0.05, 0) is 50.1 Å². The lowest BCUT2D eigenvalue weighted by molar-refractivity contribution is 0.461. The van der Waals surface area contributed by atoms with Gasteiger partial charge in [-0.15, -0.1) is 0 Å². The Bertz CT molecular complexity index is 525. The average Bonchev–Trinajstić information content (AvgIpc) is 2.68. The summed E-state index contributed by atoms with van der Waals surface area (Å²) in [7, 11) is 0. The summed E-state index contributed by atoms with van der Waals surface area (Å²) >= 11 is 6.59. The van der Waals surface area contributed by atoms with Crippen LogP contribution in [0, 0.1) is 5.82 Å². The number of nitrogens with one attached hydrogen (secondary N) is 1. The minimum absolute atomic E-state index is 0.287. The van der Waals surface area contributed by atoms with Gasteiger partial charge in [-0.3, -0.25) is 0 Å². The molecular formula is C12H11Br2FN2O. The van der Waals surface area contributed by atoms with E-state index in [9.17, 15) is 4.39 Å². The largest absolute Gasteiger partial charge is 0.451 e. The van der Waals surface area contributed by atoms with Crippen LogP contribution in [-0.2, 0) is 0 Å². The van der Waals surface area contributed by atoms with E-state index in [0.717, 1.165) is 4.47 Å². The molecule has 0 spiro atoms. The topological polar surface area (TPSA) is 51.2 Å². The molecule has 3 N–H and O–H groups in total. The molecule has 18 heavy (non-hydrogen) atoms. The van der Waals surface area contributed by atoms with E-state index in [1.165, 1.54) is 6.07 Å². The molecule has 1 aromatic carbocycles. The third-order valence-electron chi connectivity index (χ3n) is 2.45. The van der Waals surface area contributed by atoms with E-state index in [4.69, 9.17) is 10.2 Å². The Morgan fingerprint density at radius 2 is 2.06 bits per heavy atom. The second-order valence-electron chi connectivity index (χ2n) is 3.68. The molecule has 1 heterocycles. The lowest BCUT2D eigenvalue weighted by Gasteiger charge is -2.16. The van der Waals surface area contributed by atoms with Crippen LogP contribution in [-0.4, -0.2) is 6.54 Å². The molecule has 1 atom stereocenters. The van der Waals surface area contributed by atoms with Crippen molar-refractivity contribution in [1.29, 1.82) is 0 Å². The van der Waals surface area contributed by atoms with Crippen molar-refractivity contribution in [2.45, 2.75) is 6.04 Å². The molecule has 1 aromatic heterocycles. The Morgan fingerprint density at radius 1 is 1.33 bits per heavy atom. The van der Waals surface area contributed by atoms with Gasteiger partial charge in [0.2, 0.25) is 0 Å². The SMILES string of the molecule is NCC(Nc1ccccc1F)c1cc(Br)c(Br)o1. The number of para-hydroxylation sites is 1. The molecular weight excluding hydrogens is 367 g/mol. The lowest BCUT2D eigenvalue weighted by atomic mass is 10.2. The van der Waals surface area contributed by atoms with Gasteiger partial charge in [0.15, 0.2) is 4.67 Å². The summed E-state index contributed by atoms with van der Waals surface area (Å²) in [5.41, 5.74) is 6.09. The van der Waals surface area contributed by atoms with E-state index >= 15 is 0 Å². The second-order valence-corrected chi connectivity index (χ2v) is 5.26. The summed E-state index contributed by atoms with van der Waals surface area (Å²) in [4.78, 5) is 0. The minimum atomic E-state index is -0.319. The van der Waals surface area contributed by atoms with Crippen LogP contribution in [0.15, 0.2) is 43.9 Å². The zero-order chi connectivity index (χ0) is 13.1. The van der Waals surface area contributed by atoms with Gasteiger partial charge in [0.05, 0.1) is 16.2 Å². The van der Waals surface area contributed by atoms with Gasteiger partial charge in [0.1, 0.15) is 11.6 Å². The van der Waals surface area contributed by atoms with Gasteiger partial charge in [0.25, 0.3) is 0 Å². The summed E-state index contributed by atoms with van der Waals surface area (Å²) in [6.07, 6.45) is 0. The van der Waals surface area contributed by atoms with Crippen LogP contribution in [0.1, 0.15) is 11.8 Å². The van der Waals surface area contributed by atoms with E-state index in [2.05, 4.69) is 37.2 Å². The first kappa shape index (κ1) is 13.6. The third kappa shape index (κ3) is 2.93. The molecule has 3 nitrogen and oxygen atoms in total. The van der Waals surface area contributed by atoms with Gasteiger partial charge in [0, 0.05) is 6.54 Å². The number of benzene rings is 1. The fourth-order valence-corrected chi connectivity index (χ4v) is 2.16. The van der Waals surface area contributed by atoms with Gasteiger partial charge in [-0.2, -0.15) is 0 Å². The molecule has 0 aliphatic rings. The number of rotatable bonds is 4. The van der Waals surface area contributed by atoms with E-state index < -0.39 is 0 Å². The van der Waals surface area contributed by atoms with Crippen molar-refractivity contribution in [3.05, 3.63) is 51.1 Å². The molecule has 0 aliphatic heterocycles. The number of furan rings is 1. The highest BCUT2D eigenvalue weighted by Crippen LogP contribution is 2.31. The molecule has 2 rings (SSSR count). The fraction of sp³-hybridized carbons (Fsp3) is 0.167. The van der Waals surface area contributed by atoms with Crippen LogP contribution in [0.5, 0.6) is 0 Å². The normalized spacial score (nSPS) is 12.4. The number of halogens is 3. The summed E-state index contributed by atoms with van der Waals surface area (Å²) in [6.45, 7) is 0.292. The maximum Gasteiger partial charge on any atom is 0.183 e. The van der Waals surface area contributed by atoms with Crippen molar-refractivity contribution in [2.24, 2.45) is 5.73 Å². The molecule has 0 bridgehead atoms. The Kier molecular flexibility index (Phi) is 4.42. The number of hydrogen-bond acceptors (Lipinski definition) is 3. The third-order valence-corrected chi connectivity index (χ3v) is 4.16. The zero-order valence-electron chi connectivity index (χ0n) is 9.29.